The normalized spacial score (nSPS) is 10.2. The second-order valence-electron chi connectivity index (χ2n) is 4.91. The van der Waals surface area contributed by atoms with E-state index in [1.807, 2.05) is 0 Å². The minimum atomic E-state index is -0.490. The van der Waals surface area contributed by atoms with Crippen LogP contribution in [0.1, 0.15) is 16.1 Å². The van der Waals surface area contributed by atoms with Crippen LogP contribution in [-0.2, 0) is 4.79 Å². The highest BCUT2D eigenvalue weighted by Gasteiger charge is 2.13. The first kappa shape index (κ1) is 19.2. The number of ketones is 1. The lowest BCUT2D eigenvalue weighted by molar-refractivity contribution is -0.121. The van der Waals surface area contributed by atoms with Gasteiger partial charge in [-0.2, -0.15) is 0 Å². The molecule has 0 aliphatic rings. The minimum Gasteiger partial charge on any atom is -0.482 e. The van der Waals surface area contributed by atoms with Crippen molar-refractivity contribution >= 4 is 52.2 Å². The molecule has 0 unspecified atom stereocenters. The zero-order chi connectivity index (χ0) is 18.4. The molecule has 0 bridgehead atoms. The summed E-state index contributed by atoms with van der Waals surface area (Å²) in [5.41, 5.74) is 0.461. The predicted molar refractivity (Wildman–Crippen MR) is 98.5 cm³/mol. The maximum Gasteiger partial charge on any atom is 0.264 e. The maximum absolute atomic E-state index is 11.9. The van der Waals surface area contributed by atoms with Crippen molar-refractivity contribution in [3.63, 3.8) is 0 Å². The van der Waals surface area contributed by atoms with Crippen LogP contribution in [0.4, 0.5) is 0 Å². The summed E-state index contributed by atoms with van der Waals surface area (Å²) in [5.74, 6) is 0.156. The molecule has 2 N–H and O–H groups in total. The van der Waals surface area contributed by atoms with E-state index in [0.717, 1.165) is 0 Å². The molecular formula is C16H14Cl2N2O4S. The Kier molecular flexibility index (Phi) is 6.81. The van der Waals surface area contributed by atoms with E-state index in [-0.39, 0.29) is 24.0 Å². The molecule has 25 heavy (non-hydrogen) atoms. The van der Waals surface area contributed by atoms with Crippen molar-refractivity contribution < 1.29 is 18.7 Å². The molecule has 0 aliphatic heterocycles. The minimum absolute atomic E-state index is 0.0188. The molecule has 0 saturated heterocycles. The number of hydrogen-bond acceptors (Lipinski definition) is 5. The SMILES string of the molecule is Cc1occc1C(=O)CNC(=S)NC(=O)COc1ccc(Cl)cc1Cl. The molecule has 9 heteroatoms. The smallest absolute Gasteiger partial charge is 0.264 e. The zero-order valence-corrected chi connectivity index (χ0v) is 15.4. The number of thiocarbonyl (C=S) groups is 1. The van der Waals surface area contributed by atoms with E-state index in [4.69, 9.17) is 44.6 Å². The largest absolute Gasteiger partial charge is 0.482 e. The Morgan fingerprint density at radius 3 is 2.68 bits per heavy atom. The van der Waals surface area contributed by atoms with Crippen LogP contribution >= 0.6 is 35.4 Å². The first-order chi connectivity index (χ1) is 11.9. The summed E-state index contributed by atoms with van der Waals surface area (Å²) in [6, 6.07) is 6.23. The number of amides is 1. The summed E-state index contributed by atoms with van der Waals surface area (Å²) in [7, 11) is 0. The van der Waals surface area contributed by atoms with E-state index in [1.165, 1.54) is 12.3 Å². The quantitative estimate of drug-likeness (QED) is 0.572. The van der Waals surface area contributed by atoms with Gasteiger partial charge in [0.15, 0.2) is 17.5 Å². The van der Waals surface area contributed by atoms with Crippen molar-refractivity contribution in [2.75, 3.05) is 13.2 Å². The van der Waals surface area contributed by atoms with Crippen molar-refractivity contribution in [1.82, 2.24) is 10.6 Å². The van der Waals surface area contributed by atoms with Crippen molar-refractivity contribution in [3.05, 3.63) is 51.9 Å². The van der Waals surface area contributed by atoms with Crippen molar-refractivity contribution in [2.45, 2.75) is 6.92 Å². The third-order valence-corrected chi connectivity index (χ3v) is 3.85. The Hall–Kier alpha value is -2.09. The summed E-state index contributed by atoms with van der Waals surface area (Å²) in [5, 5.41) is 5.84. The van der Waals surface area contributed by atoms with Gasteiger partial charge in [0.1, 0.15) is 11.5 Å². The van der Waals surface area contributed by atoms with Gasteiger partial charge in [0.2, 0.25) is 0 Å². The molecule has 1 aromatic carbocycles. The van der Waals surface area contributed by atoms with Gasteiger partial charge in [-0.05, 0) is 43.4 Å². The summed E-state index contributed by atoms with van der Waals surface area (Å²) in [6.45, 7) is 1.33. The number of hydrogen-bond donors (Lipinski definition) is 2. The first-order valence-electron chi connectivity index (χ1n) is 7.09. The third-order valence-electron chi connectivity index (χ3n) is 3.07. The summed E-state index contributed by atoms with van der Waals surface area (Å²) in [4.78, 5) is 23.7. The summed E-state index contributed by atoms with van der Waals surface area (Å²) >= 11 is 16.7. The van der Waals surface area contributed by atoms with Crippen LogP contribution in [0.3, 0.4) is 0 Å². The average molecular weight is 401 g/mol. The molecule has 132 valence electrons. The number of furan rings is 1. The van der Waals surface area contributed by atoms with Crippen molar-refractivity contribution in [1.29, 1.82) is 0 Å². The zero-order valence-electron chi connectivity index (χ0n) is 13.1. The lowest BCUT2D eigenvalue weighted by atomic mass is 10.2. The van der Waals surface area contributed by atoms with Gasteiger partial charge < -0.3 is 19.8 Å². The summed E-state index contributed by atoms with van der Waals surface area (Å²) in [6.07, 6.45) is 1.43. The fourth-order valence-electron chi connectivity index (χ4n) is 1.87. The Labute approximate surface area is 159 Å². The Morgan fingerprint density at radius 1 is 1.28 bits per heavy atom. The molecule has 1 amide bonds. The van der Waals surface area contributed by atoms with Gasteiger partial charge in [-0.15, -0.1) is 0 Å². The van der Waals surface area contributed by atoms with E-state index in [1.54, 1.807) is 25.1 Å². The van der Waals surface area contributed by atoms with Gasteiger partial charge in [0.05, 0.1) is 23.4 Å². The van der Waals surface area contributed by atoms with Crippen LogP contribution in [0.2, 0.25) is 10.0 Å². The fraction of sp³-hybridized carbons (Fsp3) is 0.188. The first-order valence-corrected chi connectivity index (χ1v) is 8.26. The van der Waals surface area contributed by atoms with Crippen molar-refractivity contribution in [3.8, 4) is 5.75 Å². The van der Waals surface area contributed by atoms with E-state index in [9.17, 15) is 9.59 Å². The van der Waals surface area contributed by atoms with E-state index in [0.29, 0.717) is 27.1 Å². The summed E-state index contributed by atoms with van der Waals surface area (Å²) < 4.78 is 10.3. The van der Waals surface area contributed by atoms with Gasteiger partial charge in [-0.25, -0.2) is 0 Å². The highest BCUT2D eigenvalue weighted by atomic mass is 35.5. The van der Waals surface area contributed by atoms with Gasteiger partial charge in [-0.1, -0.05) is 23.2 Å². The van der Waals surface area contributed by atoms with E-state index >= 15 is 0 Å². The van der Waals surface area contributed by atoms with E-state index in [2.05, 4.69) is 10.6 Å². The Balaban J connectivity index is 1.75. The molecule has 0 radical (unpaired) electrons. The molecule has 0 atom stereocenters. The van der Waals surface area contributed by atoms with Gasteiger partial charge in [-0.3, -0.25) is 9.59 Å². The lowest BCUT2D eigenvalue weighted by Crippen LogP contribution is -2.43. The van der Waals surface area contributed by atoms with Crippen LogP contribution in [0.5, 0.6) is 5.75 Å². The van der Waals surface area contributed by atoms with Crippen LogP contribution in [-0.4, -0.2) is 30.0 Å². The molecule has 0 aliphatic carbocycles. The molecule has 0 spiro atoms. The van der Waals surface area contributed by atoms with Gasteiger partial charge in [0, 0.05) is 5.02 Å². The number of benzene rings is 1. The molecule has 2 rings (SSSR count). The number of halogens is 2. The second-order valence-corrected chi connectivity index (χ2v) is 6.16. The fourth-order valence-corrected chi connectivity index (χ4v) is 2.52. The monoisotopic (exact) mass is 400 g/mol. The molecule has 1 aromatic heterocycles. The van der Waals surface area contributed by atoms with Gasteiger partial charge >= 0.3 is 0 Å². The number of rotatable bonds is 6. The number of nitrogens with one attached hydrogen (secondary N) is 2. The Bertz CT molecular complexity index is 807. The highest BCUT2D eigenvalue weighted by Crippen LogP contribution is 2.27. The number of ether oxygens (including phenoxy) is 1. The second kappa shape index (κ2) is 8.84. The standard InChI is InChI=1S/C16H14Cl2N2O4S/c1-9-11(4-5-23-9)13(21)7-19-16(25)20-15(22)8-24-14-3-2-10(17)6-12(14)18/h2-6H,7-8H2,1H3,(H2,19,20,22,25). The average Bonchev–Trinajstić information content (AvgIpc) is 2.98. The van der Waals surface area contributed by atoms with Crippen LogP contribution < -0.4 is 15.4 Å². The van der Waals surface area contributed by atoms with Gasteiger partial charge in [0.25, 0.3) is 5.91 Å². The number of carbonyl (C=O) groups excluding carboxylic acids is 2. The molecular weight excluding hydrogens is 387 g/mol. The molecule has 0 saturated carbocycles. The molecule has 2 aromatic rings. The Morgan fingerprint density at radius 2 is 2.04 bits per heavy atom. The maximum atomic E-state index is 11.9. The van der Waals surface area contributed by atoms with Crippen LogP contribution in [0.25, 0.3) is 0 Å². The van der Waals surface area contributed by atoms with E-state index < -0.39 is 5.91 Å². The third kappa shape index (κ3) is 5.74. The van der Waals surface area contributed by atoms with Crippen LogP contribution in [0.15, 0.2) is 34.9 Å². The molecule has 6 nitrogen and oxygen atoms in total. The molecule has 0 fully saturated rings. The number of carbonyl (C=O) groups is 2. The topological polar surface area (TPSA) is 80.6 Å². The van der Waals surface area contributed by atoms with Crippen molar-refractivity contribution in [2.24, 2.45) is 0 Å². The highest BCUT2D eigenvalue weighted by molar-refractivity contribution is 7.80. The lowest BCUT2D eigenvalue weighted by Gasteiger charge is -2.10. The predicted octanol–water partition coefficient (Wildman–Crippen LogP) is 3.15. The number of aryl methyl sites for hydroxylation is 1. The number of Topliss-reactive ketones (excluding diaryl/α,β-unsaturated/α-hetero) is 1. The van der Waals surface area contributed by atoms with Crippen LogP contribution in [0, 0.1) is 6.92 Å². The molecule has 1 heterocycles.